The Morgan fingerprint density at radius 3 is 2.95 bits per heavy atom. The van der Waals surface area contributed by atoms with Crippen molar-refractivity contribution in [2.75, 3.05) is 6.61 Å². The third-order valence-corrected chi connectivity index (χ3v) is 2.77. The molecule has 1 amide bonds. The van der Waals surface area contributed by atoms with Crippen molar-refractivity contribution >= 4 is 28.1 Å². The van der Waals surface area contributed by atoms with Gasteiger partial charge in [-0.15, -0.1) is 0 Å². The van der Waals surface area contributed by atoms with Gasteiger partial charge in [0.15, 0.2) is 11.3 Å². The van der Waals surface area contributed by atoms with Crippen molar-refractivity contribution < 1.29 is 13.9 Å². The van der Waals surface area contributed by atoms with E-state index in [4.69, 9.17) is 14.4 Å². The standard InChI is InChI=1S/C14H10BrN3O3/c15-13-6-5-11(21-13)8-17-18-14(19)9-20-12-4-2-1-3-10(12)7-16/h1-6,8H,9H2,(H,18,19)/b17-8+. The molecule has 0 saturated heterocycles. The first-order valence-electron chi connectivity index (χ1n) is 5.88. The number of rotatable bonds is 5. The van der Waals surface area contributed by atoms with Gasteiger partial charge >= 0.3 is 0 Å². The van der Waals surface area contributed by atoms with E-state index in [-0.39, 0.29) is 6.61 Å². The van der Waals surface area contributed by atoms with Crippen LogP contribution in [0.2, 0.25) is 0 Å². The van der Waals surface area contributed by atoms with Gasteiger partial charge in [-0.05, 0) is 40.2 Å². The number of hydrazone groups is 1. The second-order valence-corrected chi connectivity index (χ2v) is 4.61. The van der Waals surface area contributed by atoms with E-state index in [2.05, 4.69) is 26.5 Å². The van der Waals surface area contributed by atoms with Gasteiger partial charge in [0.1, 0.15) is 17.6 Å². The second kappa shape index (κ2) is 7.26. The normalized spacial score (nSPS) is 10.3. The maximum absolute atomic E-state index is 11.5. The number of hydrogen-bond donors (Lipinski definition) is 1. The van der Waals surface area contributed by atoms with Crippen LogP contribution in [-0.4, -0.2) is 18.7 Å². The highest BCUT2D eigenvalue weighted by Crippen LogP contribution is 2.16. The lowest BCUT2D eigenvalue weighted by atomic mass is 10.2. The molecule has 0 saturated carbocycles. The fourth-order valence-corrected chi connectivity index (χ4v) is 1.75. The van der Waals surface area contributed by atoms with Gasteiger partial charge in [0.2, 0.25) is 0 Å². The van der Waals surface area contributed by atoms with Crippen LogP contribution in [0.15, 0.2) is 50.6 Å². The smallest absolute Gasteiger partial charge is 0.277 e. The molecule has 1 aromatic heterocycles. The van der Waals surface area contributed by atoms with Gasteiger partial charge in [0.05, 0.1) is 11.8 Å². The van der Waals surface area contributed by atoms with E-state index in [1.807, 2.05) is 6.07 Å². The summed E-state index contributed by atoms with van der Waals surface area (Å²) in [7, 11) is 0. The molecule has 0 fully saturated rings. The highest BCUT2D eigenvalue weighted by atomic mass is 79.9. The van der Waals surface area contributed by atoms with Crippen LogP contribution in [0.1, 0.15) is 11.3 Å². The van der Waals surface area contributed by atoms with Crippen molar-refractivity contribution in [3.63, 3.8) is 0 Å². The third kappa shape index (κ3) is 4.47. The topological polar surface area (TPSA) is 87.6 Å². The largest absolute Gasteiger partial charge is 0.482 e. The van der Waals surface area contributed by atoms with Crippen molar-refractivity contribution in [3.8, 4) is 11.8 Å². The Balaban J connectivity index is 1.82. The van der Waals surface area contributed by atoms with Gasteiger partial charge < -0.3 is 9.15 Å². The summed E-state index contributed by atoms with van der Waals surface area (Å²) in [6.07, 6.45) is 1.37. The first-order valence-corrected chi connectivity index (χ1v) is 6.67. The number of carbonyl (C=O) groups excluding carboxylic acids is 1. The summed E-state index contributed by atoms with van der Waals surface area (Å²) in [5, 5.41) is 12.6. The van der Waals surface area contributed by atoms with Crippen LogP contribution < -0.4 is 10.2 Å². The lowest BCUT2D eigenvalue weighted by Gasteiger charge is -2.05. The van der Waals surface area contributed by atoms with Gasteiger partial charge in [0.25, 0.3) is 5.91 Å². The number of amides is 1. The maximum atomic E-state index is 11.5. The molecule has 1 heterocycles. The number of halogens is 1. The zero-order chi connectivity index (χ0) is 15.1. The number of ether oxygens (including phenoxy) is 1. The number of nitriles is 1. The average Bonchev–Trinajstić information content (AvgIpc) is 2.91. The summed E-state index contributed by atoms with van der Waals surface area (Å²) in [6.45, 7) is -0.238. The molecule has 0 aliphatic heterocycles. The zero-order valence-electron chi connectivity index (χ0n) is 10.7. The molecular formula is C14H10BrN3O3. The minimum absolute atomic E-state index is 0.238. The molecule has 2 rings (SSSR count). The second-order valence-electron chi connectivity index (χ2n) is 3.83. The highest BCUT2D eigenvalue weighted by Gasteiger charge is 2.05. The van der Waals surface area contributed by atoms with Crippen molar-refractivity contribution in [3.05, 3.63) is 52.4 Å². The molecule has 21 heavy (non-hydrogen) atoms. The Hall–Kier alpha value is -2.59. The monoisotopic (exact) mass is 347 g/mol. The molecule has 106 valence electrons. The predicted molar refractivity (Wildman–Crippen MR) is 78.8 cm³/mol. The molecule has 0 aliphatic rings. The van der Waals surface area contributed by atoms with Crippen LogP contribution in [0.4, 0.5) is 0 Å². The number of benzene rings is 1. The van der Waals surface area contributed by atoms with Gasteiger partial charge in [-0.3, -0.25) is 4.79 Å². The number of para-hydroxylation sites is 1. The summed E-state index contributed by atoms with van der Waals surface area (Å²) in [5.41, 5.74) is 2.67. The molecule has 0 radical (unpaired) electrons. The average molecular weight is 348 g/mol. The minimum atomic E-state index is -0.440. The molecule has 6 nitrogen and oxygen atoms in total. The summed E-state index contributed by atoms with van der Waals surface area (Å²) >= 11 is 3.16. The Morgan fingerprint density at radius 2 is 2.24 bits per heavy atom. The number of hydrogen-bond acceptors (Lipinski definition) is 5. The lowest BCUT2D eigenvalue weighted by Crippen LogP contribution is -2.24. The molecular weight excluding hydrogens is 338 g/mol. The molecule has 7 heteroatoms. The Bertz CT molecular complexity index is 703. The summed E-state index contributed by atoms with van der Waals surface area (Å²) in [6, 6.07) is 12.1. The number of nitrogens with zero attached hydrogens (tertiary/aromatic N) is 2. The molecule has 0 atom stereocenters. The van der Waals surface area contributed by atoms with Crippen molar-refractivity contribution in [1.82, 2.24) is 5.43 Å². The van der Waals surface area contributed by atoms with E-state index in [1.54, 1.807) is 36.4 Å². The first kappa shape index (κ1) is 14.8. The summed E-state index contributed by atoms with van der Waals surface area (Å²) in [4.78, 5) is 11.5. The SMILES string of the molecule is N#Cc1ccccc1OCC(=O)N/N=C/c1ccc(Br)o1. The van der Waals surface area contributed by atoms with E-state index >= 15 is 0 Å². The van der Waals surface area contributed by atoms with Gasteiger partial charge in [-0.2, -0.15) is 10.4 Å². The lowest BCUT2D eigenvalue weighted by molar-refractivity contribution is -0.123. The first-order chi connectivity index (χ1) is 10.2. The van der Waals surface area contributed by atoms with Crippen LogP contribution in [0.3, 0.4) is 0 Å². The molecule has 0 spiro atoms. The van der Waals surface area contributed by atoms with Crippen molar-refractivity contribution in [1.29, 1.82) is 5.26 Å². The Morgan fingerprint density at radius 1 is 1.43 bits per heavy atom. The van der Waals surface area contributed by atoms with E-state index < -0.39 is 5.91 Å². The molecule has 1 aromatic carbocycles. The number of carbonyl (C=O) groups is 1. The molecule has 0 aliphatic carbocycles. The van der Waals surface area contributed by atoms with Crippen LogP contribution >= 0.6 is 15.9 Å². The predicted octanol–water partition coefficient (Wildman–Crippen LogP) is 2.44. The van der Waals surface area contributed by atoms with Crippen molar-refractivity contribution in [2.24, 2.45) is 5.10 Å². The van der Waals surface area contributed by atoms with Crippen LogP contribution in [0, 0.1) is 11.3 Å². The van der Waals surface area contributed by atoms with E-state index in [0.717, 1.165) is 0 Å². The number of nitrogens with one attached hydrogen (secondary N) is 1. The number of furan rings is 1. The van der Waals surface area contributed by atoms with Crippen LogP contribution in [0.25, 0.3) is 0 Å². The molecule has 0 unspecified atom stereocenters. The van der Waals surface area contributed by atoms with E-state index in [9.17, 15) is 4.79 Å². The minimum Gasteiger partial charge on any atom is -0.482 e. The molecule has 0 bridgehead atoms. The van der Waals surface area contributed by atoms with Gasteiger partial charge in [-0.25, -0.2) is 5.43 Å². The third-order valence-electron chi connectivity index (χ3n) is 2.34. The van der Waals surface area contributed by atoms with Crippen LogP contribution in [-0.2, 0) is 4.79 Å². The van der Waals surface area contributed by atoms with Gasteiger partial charge in [0, 0.05) is 0 Å². The zero-order valence-corrected chi connectivity index (χ0v) is 12.3. The Labute approximate surface area is 129 Å². The van der Waals surface area contributed by atoms with Gasteiger partial charge in [-0.1, -0.05) is 12.1 Å². The van der Waals surface area contributed by atoms with Crippen LogP contribution in [0.5, 0.6) is 5.75 Å². The fourth-order valence-electron chi connectivity index (χ4n) is 1.43. The van der Waals surface area contributed by atoms with Crippen molar-refractivity contribution in [2.45, 2.75) is 0 Å². The highest BCUT2D eigenvalue weighted by molar-refractivity contribution is 9.10. The van der Waals surface area contributed by atoms with E-state index in [0.29, 0.717) is 21.7 Å². The summed E-state index contributed by atoms with van der Waals surface area (Å²) < 4.78 is 11.0. The Kier molecular flexibility index (Phi) is 5.12. The van der Waals surface area contributed by atoms with E-state index in [1.165, 1.54) is 6.21 Å². The molecule has 1 N–H and O–H groups in total. The fraction of sp³-hybridized carbons (Fsp3) is 0.0714. The summed E-state index contributed by atoms with van der Waals surface area (Å²) in [5.74, 6) is 0.414. The quantitative estimate of drug-likeness (QED) is 0.664. The molecule has 2 aromatic rings. The maximum Gasteiger partial charge on any atom is 0.277 e.